The van der Waals surface area contributed by atoms with E-state index in [-0.39, 0.29) is 0 Å². The van der Waals surface area contributed by atoms with Crippen molar-refractivity contribution in [3.05, 3.63) is 10.0 Å². The summed E-state index contributed by atoms with van der Waals surface area (Å²) in [6.45, 7) is 61.3. The first-order valence-electron chi connectivity index (χ1n) is 21.3. The molecular weight excluding hydrogens is 929 g/mol. The highest BCUT2D eigenvalue weighted by atomic mass is 28.4. The molecule has 3 atom stereocenters. The minimum absolute atomic E-state index is 0.436. The Morgan fingerprint density at radius 2 is 0.614 bits per heavy atom. The average Bonchev–Trinajstić information content (AvgIpc) is 2.80. The Labute approximate surface area is 374 Å². The quantitative estimate of drug-likeness (QED) is 0.111. The lowest BCUT2D eigenvalue weighted by Crippen LogP contribution is -2.99. The summed E-state index contributed by atoms with van der Waals surface area (Å²) in [6.07, 6.45) is -0.836. The Hall–Kier alpha value is 2.20. The third-order valence-electron chi connectivity index (χ3n) is 8.41. The van der Waals surface area contributed by atoms with Crippen LogP contribution in [0.3, 0.4) is 0 Å². The van der Waals surface area contributed by atoms with E-state index in [4.69, 9.17) is 39.8 Å². The number of hydrogen-bond acceptors (Lipinski definition) is 9. The van der Waals surface area contributed by atoms with Gasteiger partial charge in [0.2, 0.25) is 11.6 Å². The van der Waals surface area contributed by atoms with E-state index in [0.29, 0.717) is 10.2 Å². The monoisotopic (exact) mass is 1020 g/mol. The van der Waals surface area contributed by atoms with Gasteiger partial charge in [-0.05, 0) is 177 Å². The predicted molar refractivity (Wildman–Crippen MR) is 284 cm³/mol. The largest absolute Gasteiger partial charge is 0.407 e. The molecule has 3 unspecified atom stereocenters. The minimum Gasteiger partial charge on any atom is -0.407 e. The molecule has 0 bridgehead atoms. The molecule has 0 aromatic rings. The Kier molecular flexibility index (Phi) is 17.6. The Morgan fingerprint density at radius 1 is 0.351 bits per heavy atom. The van der Waals surface area contributed by atoms with E-state index >= 15 is 0 Å². The molecule has 0 aliphatic heterocycles. The van der Waals surface area contributed by atoms with Gasteiger partial charge in [0.25, 0.3) is 5.79 Å². The molecule has 1 saturated carbocycles. The van der Waals surface area contributed by atoms with E-state index in [1.807, 2.05) is 0 Å². The lowest BCUT2D eigenvalue weighted by Gasteiger charge is -2.77. The maximum absolute atomic E-state index is 8.27. The van der Waals surface area contributed by atoms with E-state index in [0.717, 1.165) is 30.7 Å². The molecule has 0 heterocycles. The summed E-state index contributed by atoms with van der Waals surface area (Å²) in [5.41, 5.74) is -1.21. The van der Waals surface area contributed by atoms with Crippen LogP contribution < -0.4 is 0 Å². The van der Waals surface area contributed by atoms with Crippen LogP contribution in [0.4, 0.5) is 0 Å². The molecule has 0 N–H and O–H groups in total. The van der Waals surface area contributed by atoms with E-state index in [2.05, 4.69) is 177 Å². The third kappa shape index (κ3) is 14.3. The zero-order valence-electron chi connectivity index (χ0n) is 43.3. The molecule has 1 rings (SSSR count). The summed E-state index contributed by atoms with van der Waals surface area (Å²) < 4.78 is 73.7. The number of hydrogen-bond donors (Lipinski definition) is 0. The van der Waals surface area contributed by atoms with Gasteiger partial charge < -0.3 is 39.8 Å². The van der Waals surface area contributed by atoms with Crippen molar-refractivity contribution >= 4 is 116 Å². The van der Waals surface area contributed by atoms with Gasteiger partial charge in [0, 0.05) is 30.7 Å². The van der Waals surface area contributed by atoms with Gasteiger partial charge in [-0.2, -0.15) is 0 Å². The van der Waals surface area contributed by atoms with Gasteiger partial charge in [0.1, 0.15) is 16.9 Å². The topological polar surface area (TPSA) is 83.1 Å². The highest BCUT2D eigenvalue weighted by Crippen LogP contribution is 2.67. The van der Waals surface area contributed by atoms with Crippen molar-refractivity contribution in [1.29, 1.82) is 0 Å². The molecule has 0 saturated heterocycles. The minimum atomic E-state index is -2.70. The molecule has 0 aromatic carbocycles. The van der Waals surface area contributed by atoms with E-state index < -0.39 is 109 Å². The summed E-state index contributed by atoms with van der Waals surface area (Å²) in [5, 5.41) is 0.0427. The van der Waals surface area contributed by atoms with Gasteiger partial charge in [-0.25, -0.2) is 0 Å². The first-order chi connectivity index (χ1) is 24.4. The highest BCUT2D eigenvalue weighted by Gasteiger charge is 2.91. The smallest absolute Gasteiger partial charge is 0.263 e. The van der Waals surface area contributed by atoms with Crippen LogP contribution in [0.2, 0.25) is 177 Å². The normalized spacial score (nSPS) is 25.6. The van der Waals surface area contributed by atoms with Gasteiger partial charge >= 0.3 is 0 Å². The molecule has 0 radical (unpaired) electrons. The van der Waals surface area contributed by atoms with Crippen LogP contribution in [-0.2, 0) is 39.8 Å². The molecule has 1 aliphatic carbocycles. The Morgan fingerprint density at radius 3 is 0.842 bits per heavy atom. The summed E-state index contributed by atoms with van der Waals surface area (Å²) in [7, 11) is -20.8. The standard InChI is InChI=1S/C35H94O9Si13/c1-49(2,3)36-30-31(28(45)29(46)47,37-50(4,5)6)35(48,44-57(25,26)27)34(42-55(19,20)21,43-56(22,23)24)33(40-53(13,14)15,41-54(16,17)18)32(30,38-51(7,8)9)39-52(10,11)12/h30H,1-27,45-48H3. The van der Waals surface area contributed by atoms with Crippen LogP contribution >= 0.6 is 0 Å². The van der Waals surface area contributed by atoms with Crippen molar-refractivity contribution < 1.29 is 39.8 Å². The van der Waals surface area contributed by atoms with Gasteiger partial charge in [-0.3, -0.25) is 0 Å². The zero-order chi connectivity index (χ0) is 46.1. The maximum Gasteiger partial charge on any atom is 0.263 e. The lowest BCUT2D eigenvalue weighted by atomic mass is 9.67. The average molecular weight is 1020 g/mol. The SMILES string of the molecule is C[Si](C)(C)OC1C(O[Si](C)(C)C)(O[Si](C)(C)C)C(O[Si](C)(C)C)(O[Si](C)(C)C)C(O[Si](C)(C)C)(O[Si](C)(C)C)C([SiH3])(O[Si](C)(C)C)C1(O[Si](C)(C)C)C([SiH3])=C([SiH3])[SiH3]. The highest BCUT2D eigenvalue weighted by molar-refractivity contribution is 6.74. The molecule has 340 valence electrons. The summed E-state index contributed by atoms with van der Waals surface area (Å²) >= 11 is 0. The zero-order valence-corrected chi connectivity index (χ0v) is 60.3. The maximum atomic E-state index is 8.27. The van der Waals surface area contributed by atoms with Gasteiger partial charge in [0.15, 0.2) is 74.9 Å². The fraction of sp³-hybridized carbons (Fsp3) is 0.943. The van der Waals surface area contributed by atoms with Crippen LogP contribution in [0, 0.1) is 0 Å². The van der Waals surface area contributed by atoms with Crippen LogP contribution in [0.5, 0.6) is 0 Å². The first-order valence-corrected chi connectivity index (χ1v) is 56.0. The van der Waals surface area contributed by atoms with Gasteiger partial charge in [0.05, 0.1) is 10.2 Å². The first kappa shape index (κ1) is 57.2. The van der Waals surface area contributed by atoms with E-state index in [9.17, 15) is 0 Å². The van der Waals surface area contributed by atoms with Gasteiger partial charge in [-0.1, -0.05) is 5.20 Å². The molecular formula is C35H94O9Si13. The fourth-order valence-electron chi connectivity index (χ4n) is 7.93. The molecule has 57 heavy (non-hydrogen) atoms. The van der Waals surface area contributed by atoms with Crippen molar-refractivity contribution in [1.82, 2.24) is 0 Å². The second-order valence-electron chi connectivity index (χ2n) is 25.6. The van der Waals surface area contributed by atoms with Crippen molar-refractivity contribution in [2.24, 2.45) is 0 Å². The lowest BCUT2D eigenvalue weighted by molar-refractivity contribution is -0.489. The van der Waals surface area contributed by atoms with E-state index in [1.165, 1.54) is 10.0 Å². The van der Waals surface area contributed by atoms with Crippen LogP contribution in [0.15, 0.2) is 10.0 Å². The molecule has 22 heteroatoms. The van der Waals surface area contributed by atoms with Crippen molar-refractivity contribution in [2.45, 2.75) is 211 Å². The Bertz CT molecular complexity index is 1370. The van der Waals surface area contributed by atoms with Crippen LogP contribution in [-0.4, -0.2) is 150 Å². The third-order valence-corrected chi connectivity index (χ3v) is 24.0. The molecule has 0 spiro atoms. The second-order valence-corrected chi connectivity index (χ2v) is 72.9. The predicted octanol–water partition coefficient (Wildman–Crippen LogP) is 6.19. The summed E-state index contributed by atoms with van der Waals surface area (Å²) in [4.78, 5) is 1.46. The molecule has 1 fully saturated rings. The molecule has 0 aromatic heterocycles. The van der Waals surface area contributed by atoms with Crippen LogP contribution in [0.25, 0.3) is 0 Å². The molecule has 1 aliphatic rings. The number of rotatable bonds is 19. The molecule has 0 amide bonds. The van der Waals surface area contributed by atoms with Crippen LogP contribution in [0.1, 0.15) is 0 Å². The van der Waals surface area contributed by atoms with E-state index in [1.54, 1.807) is 0 Å². The summed E-state index contributed by atoms with van der Waals surface area (Å²) in [6, 6.07) is 0. The summed E-state index contributed by atoms with van der Waals surface area (Å²) in [5.74, 6) is -5.20. The van der Waals surface area contributed by atoms with Gasteiger partial charge in [-0.15, -0.1) is 4.82 Å². The van der Waals surface area contributed by atoms with Crippen molar-refractivity contribution in [2.75, 3.05) is 0 Å². The van der Waals surface area contributed by atoms with Crippen molar-refractivity contribution in [3.63, 3.8) is 0 Å². The molecule has 9 nitrogen and oxygen atoms in total. The Balaban J connectivity index is 5.93. The van der Waals surface area contributed by atoms with Crippen molar-refractivity contribution in [3.8, 4) is 0 Å². The second kappa shape index (κ2) is 17.5. The fourth-order valence-corrected chi connectivity index (χ4v) is 25.4.